The van der Waals surface area contributed by atoms with E-state index in [2.05, 4.69) is 5.32 Å². The molecule has 0 saturated carbocycles. The molecule has 98 valence electrons. The average molecular weight is 254 g/mol. The number of halogens is 1. The third kappa shape index (κ3) is 3.53. The number of amides is 1. The van der Waals surface area contributed by atoms with Crippen molar-refractivity contribution in [3.05, 3.63) is 29.6 Å². The van der Waals surface area contributed by atoms with Gasteiger partial charge >= 0.3 is 5.97 Å². The maximum Gasteiger partial charge on any atom is 0.340 e. The number of aromatic carboxylic acids is 1. The van der Waals surface area contributed by atoms with Gasteiger partial charge in [0.2, 0.25) is 5.91 Å². The molecule has 1 amide bonds. The SMILES string of the molecule is CCC(N)CC(=O)Nc1cccc(F)c1C(=O)O. The van der Waals surface area contributed by atoms with Crippen LogP contribution in [0.2, 0.25) is 0 Å². The van der Waals surface area contributed by atoms with Crippen LogP contribution < -0.4 is 11.1 Å². The van der Waals surface area contributed by atoms with Crippen molar-refractivity contribution in [2.45, 2.75) is 25.8 Å². The molecule has 0 radical (unpaired) electrons. The molecule has 1 aromatic rings. The molecule has 1 unspecified atom stereocenters. The number of benzene rings is 1. The van der Waals surface area contributed by atoms with Crippen LogP contribution in [-0.4, -0.2) is 23.0 Å². The van der Waals surface area contributed by atoms with Crippen molar-refractivity contribution in [3.8, 4) is 0 Å². The summed E-state index contributed by atoms with van der Waals surface area (Å²) in [7, 11) is 0. The van der Waals surface area contributed by atoms with Gasteiger partial charge in [-0.2, -0.15) is 0 Å². The largest absolute Gasteiger partial charge is 0.478 e. The third-order valence-electron chi connectivity index (χ3n) is 2.47. The summed E-state index contributed by atoms with van der Waals surface area (Å²) in [5.74, 6) is -2.75. The van der Waals surface area contributed by atoms with Crippen LogP contribution in [0.4, 0.5) is 10.1 Å². The van der Waals surface area contributed by atoms with Gasteiger partial charge in [-0.25, -0.2) is 9.18 Å². The highest BCUT2D eigenvalue weighted by Gasteiger charge is 2.17. The molecule has 6 heteroatoms. The second-order valence-corrected chi connectivity index (χ2v) is 3.89. The monoisotopic (exact) mass is 254 g/mol. The molecule has 0 spiro atoms. The molecule has 0 fully saturated rings. The molecule has 0 aliphatic rings. The molecule has 0 aliphatic heterocycles. The Morgan fingerprint density at radius 2 is 2.17 bits per heavy atom. The average Bonchev–Trinajstić information content (AvgIpc) is 2.28. The number of carboxylic acid groups (broad SMARTS) is 1. The molecule has 0 heterocycles. The number of hydrogen-bond donors (Lipinski definition) is 3. The Labute approximate surface area is 104 Å². The summed E-state index contributed by atoms with van der Waals surface area (Å²) in [4.78, 5) is 22.4. The molecule has 0 bridgehead atoms. The summed E-state index contributed by atoms with van der Waals surface area (Å²) in [6.45, 7) is 1.84. The van der Waals surface area contributed by atoms with Crippen LogP contribution >= 0.6 is 0 Å². The van der Waals surface area contributed by atoms with Crippen molar-refractivity contribution < 1.29 is 19.1 Å². The Balaban J connectivity index is 2.88. The lowest BCUT2D eigenvalue weighted by molar-refractivity contribution is -0.116. The minimum absolute atomic E-state index is 0.0594. The van der Waals surface area contributed by atoms with Gasteiger partial charge in [0.1, 0.15) is 11.4 Å². The Bertz CT molecular complexity index is 463. The zero-order valence-corrected chi connectivity index (χ0v) is 9.94. The molecule has 0 saturated heterocycles. The summed E-state index contributed by atoms with van der Waals surface area (Å²) < 4.78 is 13.3. The highest BCUT2D eigenvalue weighted by molar-refractivity contribution is 6.00. The van der Waals surface area contributed by atoms with Gasteiger partial charge in [0.15, 0.2) is 0 Å². The van der Waals surface area contributed by atoms with Crippen molar-refractivity contribution in [1.29, 1.82) is 0 Å². The number of rotatable bonds is 5. The Kier molecular flexibility index (Phi) is 4.79. The summed E-state index contributed by atoms with van der Waals surface area (Å²) in [6, 6.07) is 3.39. The maximum absolute atomic E-state index is 13.3. The molecule has 4 N–H and O–H groups in total. The number of anilines is 1. The third-order valence-corrected chi connectivity index (χ3v) is 2.47. The maximum atomic E-state index is 13.3. The first-order valence-electron chi connectivity index (χ1n) is 5.53. The molecule has 1 atom stereocenters. The van der Waals surface area contributed by atoms with E-state index in [9.17, 15) is 14.0 Å². The minimum Gasteiger partial charge on any atom is -0.478 e. The second kappa shape index (κ2) is 6.11. The molecule has 1 aromatic carbocycles. The summed E-state index contributed by atoms with van der Waals surface area (Å²) in [6.07, 6.45) is 0.689. The predicted octanol–water partition coefficient (Wildman–Crippen LogP) is 1.59. The Morgan fingerprint density at radius 3 is 2.72 bits per heavy atom. The quantitative estimate of drug-likeness (QED) is 0.744. The van der Waals surface area contributed by atoms with E-state index in [1.54, 1.807) is 0 Å². The zero-order chi connectivity index (χ0) is 13.7. The lowest BCUT2D eigenvalue weighted by Gasteiger charge is -2.11. The second-order valence-electron chi connectivity index (χ2n) is 3.89. The van der Waals surface area contributed by atoms with Gasteiger partial charge in [-0.3, -0.25) is 4.79 Å². The normalized spacial score (nSPS) is 11.9. The number of carbonyl (C=O) groups is 2. The van der Waals surface area contributed by atoms with Crippen LogP contribution in [0.15, 0.2) is 18.2 Å². The van der Waals surface area contributed by atoms with E-state index in [0.29, 0.717) is 6.42 Å². The number of hydrogen-bond acceptors (Lipinski definition) is 3. The van der Waals surface area contributed by atoms with Gasteiger partial charge in [0, 0.05) is 12.5 Å². The van der Waals surface area contributed by atoms with Gasteiger partial charge in [-0.1, -0.05) is 13.0 Å². The molecule has 0 aromatic heterocycles. The van der Waals surface area contributed by atoms with E-state index in [1.165, 1.54) is 12.1 Å². The van der Waals surface area contributed by atoms with Gasteiger partial charge in [0.05, 0.1) is 5.69 Å². The van der Waals surface area contributed by atoms with Crippen molar-refractivity contribution in [2.24, 2.45) is 5.73 Å². The van der Waals surface area contributed by atoms with Crippen LogP contribution in [0.1, 0.15) is 30.1 Å². The molecular formula is C12H15FN2O3. The standard InChI is InChI=1S/C12H15FN2O3/c1-2-7(14)6-10(16)15-9-5-3-4-8(13)11(9)12(17)18/h3-5,7H,2,6,14H2,1H3,(H,15,16)(H,17,18). The molecule has 1 rings (SSSR count). The highest BCUT2D eigenvalue weighted by Crippen LogP contribution is 2.19. The summed E-state index contributed by atoms with van der Waals surface area (Å²) in [5, 5.41) is 11.2. The lowest BCUT2D eigenvalue weighted by atomic mass is 10.1. The van der Waals surface area contributed by atoms with Crippen LogP contribution in [0.3, 0.4) is 0 Å². The summed E-state index contributed by atoms with van der Waals surface area (Å²) in [5.41, 5.74) is 5.00. The smallest absolute Gasteiger partial charge is 0.340 e. The Hall–Kier alpha value is -1.95. The van der Waals surface area contributed by atoms with Crippen molar-refractivity contribution in [1.82, 2.24) is 0 Å². The number of carboxylic acids is 1. The predicted molar refractivity (Wildman–Crippen MR) is 64.9 cm³/mol. The molecule has 18 heavy (non-hydrogen) atoms. The van der Waals surface area contributed by atoms with Gasteiger partial charge < -0.3 is 16.2 Å². The van der Waals surface area contributed by atoms with Crippen LogP contribution in [0, 0.1) is 5.82 Å². The minimum atomic E-state index is -1.43. The molecule has 5 nitrogen and oxygen atoms in total. The van der Waals surface area contributed by atoms with E-state index >= 15 is 0 Å². The fourth-order valence-corrected chi connectivity index (χ4v) is 1.43. The van der Waals surface area contributed by atoms with Crippen molar-refractivity contribution in [3.63, 3.8) is 0 Å². The fraction of sp³-hybridized carbons (Fsp3) is 0.333. The first kappa shape index (κ1) is 14.1. The number of nitrogens with one attached hydrogen (secondary N) is 1. The van der Waals surface area contributed by atoms with Crippen LogP contribution in [-0.2, 0) is 4.79 Å². The van der Waals surface area contributed by atoms with E-state index in [1.807, 2.05) is 6.92 Å². The van der Waals surface area contributed by atoms with E-state index in [-0.39, 0.29) is 18.2 Å². The highest BCUT2D eigenvalue weighted by atomic mass is 19.1. The van der Waals surface area contributed by atoms with Crippen molar-refractivity contribution >= 4 is 17.6 Å². The number of nitrogens with two attached hydrogens (primary N) is 1. The van der Waals surface area contributed by atoms with Crippen molar-refractivity contribution in [2.75, 3.05) is 5.32 Å². The first-order valence-corrected chi connectivity index (χ1v) is 5.53. The molecular weight excluding hydrogens is 239 g/mol. The van der Waals surface area contributed by atoms with Crippen LogP contribution in [0.25, 0.3) is 0 Å². The fourth-order valence-electron chi connectivity index (χ4n) is 1.43. The topological polar surface area (TPSA) is 92.4 Å². The van der Waals surface area contributed by atoms with E-state index < -0.39 is 23.3 Å². The van der Waals surface area contributed by atoms with E-state index in [4.69, 9.17) is 10.8 Å². The molecule has 0 aliphatic carbocycles. The zero-order valence-electron chi connectivity index (χ0n) is 9.94. The van der Waals surface area contributed by atoms with E-state index in [0.717, 1.165) is 6.07 Å². The first-order chi connectivity index (χ1) is 8.45. The lowest BCUT2D eigenvalue weighted by Crippen LogP contribution is -2.26. The summed E-state index contributed by atoms with van der Waals surface area (Å²) >= 11 is 0. The van der Waals surface area contributed by atoms with Gasteiger partial charge in [-0.05, 0) is 18.6 Å². The van der Waals surface area contributed by atoms with Gasteiger partial charge in [-0.15, -0.1) is 0 Å². The Morgan fingerprint density at radius 1 is 1.50 bits per heavy atom. The van der Waals surface area contributed by atoms with Crippen LogP contribution in [0.5, 0.6) is 0 Å². The van der Waals surface area contributed by atoms with Gasteiger partial charge in [0.25, 0.3) is 0 Å². The number of carbonyl (C=O) groups excluding carboxylic acids is 1.